The van der Waals surface area contributed by atoms with Crippen LogP contribution in [0.5, 0.6) is 0 Å². The first kappa shape index (κ1) is 22.8. The zero-order valence-corrected chi connectivity index (χ0v) is 20.2. The third kappa shape index (κ3) is 4.06. The Morgan fingerprint density at radius 2 is 1.76 bits per heavy atom. The molecule has 176 valence electrons. The average molecular weight is 577 g/mol. The van der Waals surface area contributed by atoms with Crippen LogP contribution < -0.4 is 10.2 Å². The van der Waals surface area contributed by atoms with E-state index in [0.717, 1.165) is 10.5 Å². The number of amides is 4. The highest BCUT2D eigenvalue weighted by Gasteiger charge is 2.44. The molecule has 0 aliphatic carbocycles. The molecule has 1 N–H and O–H groups in total. The van der Waals surface area contributed by atoms with E-state index in [9.17, 15) is 23.6 Å². The molecule has 3 aliphatic heterocycles. The summed E-state index contributed by atoms with van der Waals surface area (Å²) in [6, 6.07) is 5.80. The number of rotatable bonds is 4. The molecule has 0 spiro atoms. The summed E-state index contributed by atoms with van der Waals surface area (Å²) >= 11 is 1.96. The Morgan fingerprint density at radius 1 is 1.03 bits per heavy atom. The third-order valence-electron chi connectivity index (χ3n) is 6.41. The maximum atomic E-state index is 14.4. The van der Waals surface area contributed by atoms with Gasteiger partial charge in [-0.1, -0.05) is 6.07 Å². The molecule has 0 radical (unpaired) electrons. The first-order chi connectivity index (χ1) is 16.3. The Morgan fingerprint density at radius 3 is 2.50 bits per heavy atom. The van der Waals surface area contributed by atoms with Crippen molar-refractivity contribution >= 4 is 52.0 Å². The predicted octanol–water partition coefficient (Wildman–Crippen LogP) is 1.55. The fraction of sp³-hybridized carbons (Fsp3) is 0.348. The van der Waals surface area contributed by atoms with Crippen molar-refractivity contribution in [3.63, 3.8) is 0 Å². The van der Waals surface area contributed by atoms with Crippen LogP contribution in [0.15, 0.2) is 30.5 Å². The summed E-state index contributed by atoms with van der Waals surface area (Å²) in [5.74, 6) is -1.99. The molecule has 4 amide bonds. The van der Waals surface area contributed by atoms with Crippen LogP contribution in [0.2, 0.25) is 0 Å². The number of halogens is 2. The Bertz CT molecular complexity index is 1210. The summed E-state index contributed by atoms with van der Waals surface area (Å²) in [5, 5.41) is 2.20. The summed E-state index contributed by atoms with van der Waals surface area (Å²) in [4.78, 5) is 58.8. The summed E-state index contributed by atoms with van der Waals surface area (Å²) in [7, 11) is 0. The Hall–Kier alpha value is -2.93. The number of hydrogen-bond donors (Lipinski definition) is 1. The zero-order chi connectivity index (χ0) is 24.0. The highest BCUT2D eigenvalue weighted by atomic mass is 127. The van der Waals surface area contributed by atoms with E-state index in [-0.39, 0.29) is 29.8 Å². The quantitative estimate of drug-likeness (QED) is 0.435. The minimum Gasteiger partial charge on any atom is -0.352 e. The minimum atomic E-state index is -0.975. The molecule has 4 heterocycles. The van der Waals surface area contributed by atoms with E-state index >= 15 is 0 Å². The summed E-state index contributed by atoms with van der Waals surface area (Å²) in [6.45, 7) is 3.20. The van der Waals surface area contributed by atoms with Crippen LogP contribution in [-0.4, -0.2) is 70.6 Å². The number of anilines is 1. The van der Waals surface area contributed by atoms with Gasteiger partial charge in [0.1, 0.15) is 6.04 Å². The lowest BCUT2D eigenvalue weighted by molar-refractivity contribution is -0.136. The molecule has 1 atom stereocenters. The van der Waals surface area contributed by atoms with Gasteiger partial charge in [-0.25, -0.2) is 9.37 Å². The van der Waals surface area contributed by atoms with Gasteiger partial charge < -0.3 is 4.90 Å². The fourth-order valence-electron chi connectivity index (χ4n) is 4.62. The van der Waals surface area contributed by atoms with Gasteiger partial charge in [0.2, 0.25) is 11.8 Å². The first-order valence-electron chi connectivity index (χ1n) is 11.0. The van der Waals surface area contributed by atoms with Crippen molar-refractivity contribution in [2.24, 2.45) is 0 Å². The van der Waals surface area contributed by atoms with E-state index in [1.54, 1.807) is 24.4 Å². The standard InChI is InChI=1S/C23H21FIN5O4/c24-19-16(25)5-6-26-20(19)29-9-7-28(8-10-29)12-13-1-2-14-15(11-13)23(34)30(22(14)33)17-3-4-18(31)27-21(17)32/h1-2,5-6,11,17H,3-4,7-10,12H2,(H,27,31,32). The molecule has 3 aliphatic rings. The van der Waals surface area contributed by atoms with Gasteiger partial charge in [-0.2, -0.15) is 0 Å². The van der Waals surface area contributed by atoms with Crippen LogP contribution >= 0.6 is 22.6 Å². The van der Waals surface area contributed by atoms with E-state index < -0.39 is 29.7 Å². The van der Waals surface area contributed by atoms with Gasteiger partial charge in [0.05, 0.1) is 14.7 Å². The van der Waals surface area contributed by atoms with E-state index in [4.69, 9.17) is 0 Å². The lowest BCUT2D eigenvalue weighted by atomic mass is 10.0. The second-order valence-electron chi connectivity index (χ2n) is 8.52. The van der Waals surface area contributed by atoms with Crippen LogP contribution in [0.3, 0.4) is 0 Å². The monoisotopic (exact) mass is 577 g/mol. The molecule has 1 unspecified atom stereocenters. The number of nitrogens with one attached hydrogen (secondary N) is 1. The highest BCUT2D eigenvalue weighted by molar-refractivity contribution is 14.1. The number of nitrogens with zero attached hydrogens (tertiary/aromatic N) is 4. The lowest BCUT2D eigenvalue weighted by Crippen LogP contribution is -2.54. The summed E-state index contributed by atoms with van der Waals surface area (Å²) < 4.78 is 14.9. The second-order valence-corrected chi connectivity index (χ2v) is 9.68. The minimum absolute atomic E-state index is 0.0859. The molecule has 1 aromatic carbocycles. The number of hydrogen-bond acceptors (Lipinski definition) is 7. The van der Waals surface area contributed by atoms with Crippen molar-refractivity contribution < 1.29 is 23.6 Å². The third-order valence-corrected chi connectivity index (χ3v) is 7.24. The Labute approximate surface area is 208 Å². The number of fused-ring (bicyclic) bond motifs is 1. The van der Waals surface area contributed by atoms with Gasteiger partial charge in [-0.3, -0.25) is 34.3 Å². The van der Waals surface area contributed by atoms with Crippen molar-refractivity contribution in [3.8, 4) is 0 Å². The molecule has 0 saturated carbocycles. The molecular weight excluding hydrogens is 556 g/mol. The van der Waals surface area contributed by atoms with Gasteiger partial charge >= 0.3 is 0 Å². The summed E-state index contributed by atoms with van der Waals surface area (Å²) in [5.41, 5.74) is 1.41. The Kier molecular flexibility index (Phi) is 6.06. The van der Waals surface area contributed by atoms with E-state index in [1.165, 1.54) is 0 Å². The number of pyridine rings is 1. The van der Waals surface area contributed by atoms with Gasteiger partial charge in [0, 0.05) is 45.3 Å². The number of aromatic nitrogens is 1. The van der Waals surface area contributed by atoms with Crippen LogP contribution in [-0.2, 0) is 16.1 Å². The van der Waals surface area contributed by atoms with Crippen LogP contribution in [0, 0.1) is 9.39 Å². The van der Waals surface area contributed by atoms with E-state index in [2.05, 4.69) is 15.2 Å². The molecule has 1 aromatic heterocycles. The smallest absolute Gasteiger partial charge is 0.262 e. The SMILES string of the molecule is O=C1CCC(N2C(=O)c3ccc(CN4CCN(c5nccc(I)c5F)CC4)cc3C2=O)C(=O)N1. The molecule has 2 saturated heterocycles. The van der Waals surface area contributed by atoms with E-state index in [0.29, 0.717) is 42.1 Å². The van der Waals surface area contributed by atoms with Crippen molar-refractivity contribution in [2.75, 3.05) is 31.1 Å². The van der Waals surface area contributed by atoms with E-state index in [1.807, 2.05) is 33.6 Å². The topological polar surface area (TPSA) is 103 Å². The maximum absolute atomic E-state index is 14.4. The van der Waals surface area contributed by atoms with Crippen molar-refractivity contribution in [3.05, 3.63) is 56.5 Å². The highest BCUT2D eigenvalue weighted by Crippen LogP contribution is 2.29. The number of carbonyl (C=O) groups excluding carboxylic acids is 4. The van der Waals surface area contributed by atoms with Gasteiger partial charge in [0.15, 0.2) is 11.6 Å². The average Bonchev–Trinajstić information content (AvgIpc) is 3.06. The molecule has 9 nitrogen and oxygen atoms in total. The largest absolute Gasteiger partial charge is 0.352 e. The van der Waals surface area contributed by atoms with Crippen LogP contribution in [0.1, 0.15) is 39.1 Å². The molecular formula is C23H21FIN5O4. The lowest BCUT2D eigenvalue weighted by Gasteiger charge is -2.35. The van der Waals surface area contributed by atoms with Gasteiger partial charge in [-0.15, -0.1) is 0 Å². The normalized spacial score (nSPS) is 21.2. The maximum Gasteiger partial charge on any atom is 0.262 e. The number of piperazine rings is 1. The molecule has 0 bridgehead atoms. The number of imide groups is 2. The van der Waals surface area contributed by atoms with Crippen LogP contribution in [0.25, 0.3) is 0 Å². The number of carbonyl (C=O) groups is 4. The van der Waals surface area contributed by atoms with Crippen molar-refractivity contribution in [1.82, 2.24) is 20.1 Å². The molecule has 5 rings (SSSR count). The fourth-order valence-corrected chi connectivity index (χ4v) is 5.02. The zero-order valence-electron chi connectivity index (χ0n) is 18.1. The van der Waals surface area contributed by atoms with Gasteiger partial charge in [-0.05, 0) is 52.8 Å². The molecule has 11 heteroatoms. The van der Waals surface area contributed by atoms with Crippen LogP contribution in [0.4, 0.5) is 10.2 Å². The second kappa shape index (κ2) is 9.02. The molecule has 2 fully saturated rings. The molecule has 2 aromatic rings. The Balaban J connectivity index is 1.26. The molecule has 34 heavy (non-hydrogen) atoms. The number of benzene rings is 1. The summed E-state index contributed by atoms with van der Waals surface area (Å²) in [6.07, 6.45) is 1.82. The number of piperidine rings is 1. The predicted molar refractivity (Wildman–Crippen MR) is 128 cm³/mol. The first-order valence-corrected chi connectivity index (χ1v) is 12.0. The van der Waals surface area contributed by atoms with Gasteiger partial charge in [0.25, 0.3) is 11.8 Å². The van der Waals surface area contributed by atoms with Crippen molar-refractivity contribution in [2.45, 2.75) is 25.4 Å². The van der Waals surface area contributed by atoms with Crippen molar-refractivity contribution in [1.29, 1.82) is 0 Å².